The molecule has 0 aromatic heterocycles. The fourth-order valence-corrected chi connectivity index (χ4v) is 0. The zero-order chi connectivity index (χ0) is 4.28. The van der Waals surface area contributed by atoms with Crippen molar-refractivity contribution < 1.29 is 31.4 Å². The first kappa shape index (κ1) is 9.33. The number of rotatable bonds is 1. The van der Waals surface area contributed by atoms with Crippen LogP contribution in [-0.2, 0) is 21.9 Å². The third-order valence-electron chi connectivity index (χ3n) is 0.114. The second kappa shape index (κ2) is 4.92. The second-order valence-corrected chi connectivity index (χ2v) is 0.527. The Hall–Kier alpha value is -0.0805. The summed E-state index contributed by atoms with van der Waals surface area (Å²) >= 11 is 0. The van der Waals surface area contributed by atoms with Crippen LogP contribution in [0.3, 0.4) is 0 Å². The Balaban J connectivity index is 0. The Morgan fingerprint density at radius 2 is 2.00 bits per heavy atom. The average molecular weight is 134 g/mol. The summed E-state index contributed by atoms with van der Waals surface area (Å²) in [5, 5.41) is 7.35. The number of carboxylic acids is 1. The first-order chi connectivity index (χ1) is 2.27. The molecule has 0 aromatic rings. The summed E-state index contributed by atoms with van der Waals surface area (Å²) < 4.78 is 10.5. The van der Waals surface area contributed by atoms with Gasteiger partial charge in [0, 0.05) is 17.1 Å². The largest absolute Gasteiger partial charge is 0.479 e. The van der Waals surface area contributed by atoms with Crippen molar-refractivity contribution in [1.29, 1.82) is 0 Å². The van der Waals surface area contributed by atoms with Crippen LogP contribution in [0, 0.1) is 0 Å². The van der Waals surface area contributed by atoms with Gasteiger partial charge < -0.3 is 5.11 Å². The van der Waals surface area contributed by atoms with Crippen molar-refractivity contribution in [3.8, 4) is 0 Å². The predicted molar refractivity (Wildman–Crippen MR) is 13.6 cm³/mol. The maximum Gasteiger partial charge on any atom is 0.335 e. The molecular formula is C2H3FFeO2. The standard InChI is InChI=1S/C2H3FO2.Fe/c3-1-2(4)5;/h1H2,(H,4,5);. The number of carboxylic acid groups (broad SMARTS) is 1. The van der Waals surface area contributed by atoms with Crippen molar-refractivity contribution in [2.75, 3.05) is 6.67 Å². The van der Waals surface area contributed by atoms with Crippen LogP contribution in [0.5, 0.6) is 0 Å². The first-order valence-corrected chi connectivity index (χ1v) is 1.05. The van der Waals surface area contributed by atoms with Crippen LogP contribution < -0.4 is 0 Å². The first-order valence-electron chi connectivity index (χ1n) is 1.05. The summed E-state index contributed by atoms with van der Waals surface area (Å²) in [6.07, 6.45) is 0. The number of carbonyl (C=O) groups is 1. The molecular weight excluding hydrogens is 131 g/mol. The van der Waals surface area contributed by atoms with Crippen molar-refractivity contribution >= 4 is 5.97 Å². The molecule has 38 valence electrons. The molecule has 2 nitrogen and oxygen atoms in total. The van der Waals surface area contributed by atoms with Gasteiger partial charge in [-0.2, -0.15) is 0 Å². The third kappa shape index (κ3) is 9.07. The van der Waals surface area contributed by atoms with Gasteiger partial charge in [0.2, 0.25) is 0 Å². The number of hydrogen-bond acceptors (Lipinski definition) is 1. The van der Waals surface area contributed by atoms with E-state index in [1.54, 1.807) is 0 Å². The van der Waals surface area contributed by atoms with Crippen LogP contribution in [0.15, 0.2) is 0 Å². The summed E-state index contributed by atoms with van der Waals surface area (Å²) in [4.78, 5) is 8.99. The van der Waals surface area contributed by atoms with E-state index in [1.807, 2.05) is 0 Å². The molecule has 0 aliphatic carbocycles. The van der Waals surface area contributed by atoms with Crippen LogP contribution in [0.2, 0.25) is 0 Å². The van der Waals surface area contributed by atoms with Crippen LogP contribution in [0.25, 0.3) is 0 Å². The average Bonchev–Trinajstić information content (AvgIpc) is 1.38. The second-order valence-electron chi connectivity index (χ2n) is 0.527. The molecule has 6 heavy (non-hydrogen) atoms. The van der Waals surface area contributed by atoms with Crippen molar-refractivity contribution in [3.05, 3.63) is 0 Å². The number of alkyl halides is 1. The molecule has 0 saturated carbocycles. The van der Waals surface area contributed by atoms with Gasteiger partial charge in [-0.15, -0.1) is 0 Å². The van der Waals surface area contributed by atoms with Gasteiger partial charge in [-0.3, -0.25) is 0 Å². The van der Waals surface area contributed by atoms with E-state index in [0.717, 1.165) is 0 Å². The summed E-state index contributed by atoms with van der Waals surface area (Å²) in [6.45, 7) is -1.28. The van der Waals surface area contributed by atoms with Gasteiger partial charge >= 0.3 is 5.97 Å². The number of aliphatic carboxylic acids is 1. The monoisotopic (exact) mass is 134 g/mol. The van der Waals surface area contributed by atoms with Gasteiger partial charge in [0.05, 0.1) is 0 Å². The summed E-state index contributed by atoms with van der Waals surface area (Å²) in [5.74, 6) is -1.41. The zero-order valence-corrected chi connectivity index (χ0v) is 3.90. The minimum atomic E-state index is -1.41. The van der Waals surface area contributed by atoms with E-state index in [2.05, 4.69) is 0 Å². The quantitative estimate of drug-likeness (QED) is 0.514. The Labute approximate surface area is 44.8 Å². The van der Waals surface area contributed by atoms with Gasteiger partial charge in [0.15, 0.2) is 6.67 Å². The summed E-state index contributed by atoms with van der Waals surface area (Å²) in [5.41, 5.74) is 0. The van der Waals surface area contributed by atoms with E-state index in [4.69, 9.17) is 9.90 Å². The molecule has 0 aliphatic rings. The molecule has 0 heterocycles. The normalized spacial score (nSPS) is 6.17. The smallest absolute Gasteiger partial charge is 0.335 e. The van der Waals surface area contributed by atoms with Crippen LogP contribution >= 0.6 is 0 Å². The maximum atomic E-state index is 10.5. The van der Waals surface area contributed by atoms with Crippen LogP contribution in [0.1, 0.15) is 0 Å². The van der Waals surface area contributed by atoms with E-state index in [1.165, 1.54) is 0 Å². The van der Waals surface area contributed by atoms with Crippen molar-refractivity contribution in [1.82, 2.24) is 0 Å². The fraction of sp³-hybridized carbons (Fsp3) is 0.500. The predicted octanol–water partition coefficient (Wildman–Crippen LogP) is 0.0380. The Morgan fingerprint density at radius 3 is 2.00 bits per heavy atom. The van der Waals surface area contributed by atoms with Gasteiger partial charge in [-0.05, 0) is 0 Å². The van der Waals surface area contributed by atoms with Crippen molar-refractivity contribution in [2.45, 2.75) is 0 Å². The zero-order valence-electron chi connectivity index (χ0n) is 2.79. The van der Waals surface area contributed by atoms with Crippen molar-refractivity contribution in [2.24, 2.45) is 0 Å². The maximum absolute atomic E-state index is 10.5. The van der Waals surface area contributed by atoms with E-state index in [-0.39, 0.29) is 17.1 Å². The summed E-state index contributed by atoms with van der Waals surface area (Å²) in [7, 11) is 0. The fourth-order valence-electron chi connectivity index (χ4n) is 0. The Kier molecular flexibility index (Phi) is 7.65. The molecule has 0 fully saturated rings. The van der Waals surface area contributed by atoms with Gasteiger partial charge in [-0.25, -0.2) is 9.18 Å². The number of halogens is 1. The third-order valence-corrected chi connectivity index (χ3v) is 0.114. The van der Waals surface area contributed by atoms with Crippen LogP contribution in [0.4, 0.5) is 4.39 Å². The molecule has 0 aromatic carbocycles. The van der Waals surface area contributed by atoms with E-state index < -0.39 is 12.6 Å². The molecule has 0 unspecified atom stereocenters. The minimum Gasteiger partial charge on any atom is -0.479 e. The topological polar surface area (TPSA) is 37.3 Å². The van der Waals surface area contributed by atoms with Gasteiger partial charge in [-0.1, -0.05) is 0 Å². The SMILES string of the molecule is O=C(O)CF.[Fe]. The minimum absolute atomic E-state index is 0. The molecule has 0 spiro atoms. The molecule has 0 saturated heterocycles. The molecule has 1 N–H and O–H groups in total. The molecule has 0 bridgehead atoms. The van der Waals surface area contributed by atoms with Gasteiger partial charge in [0.1, 0.15) is 0 Å². The van der Waals surface area contributed by atoms with Crippen LogP contribution in [-0.4, -0.2) is 17.8 Å². The van der Waals surface area contributed by atoms with Crippen molar-refractivity contribution in [3.63, 3.8) is 0 Å². The molecule has 0 aliphatic heterocycles. The molecule has 0 atom stereocenters. The van der Waals surface area contributed by atoms with Gasteiger partial charge in [0.25, 0.3) is 0 Å². The Morgan fingerprint density at radius 1 is 1.83 bits per heavy atom. The summed E-state index contributed by atoms with van der Waals surface area (Å²) in [6, 6.07) is 0. The molecule has 0 radical (unpaired) electrons. The Bertz CT molecular complexity index is 46.8. The molecule has 0 amide bonds. The van der Waals surface area contributed by atoms with E-state index in [9.17, 15) is 4.39 Å². The number of hydrogen-bond donors (Lipinski definition) is 1. The van der Waals surface area contributed by atoms with E-state index in [0.29, 0.717) is 0 Å². The van der Waals surface area contributed by atoms with E-state index >= 15 is 0 Å². The molecule has 4 heteroatoms. The molecule has 0 rings (SSSR count).